The summed E-state index contributed by atoms with van der Waals surface area (Å²) in [6.45, 7) is 5.54. The molecule has 0 atom stereocenters. The zero-order valence-electron chi connectivity index (χ0n) is 13.9. The molecule has 0 bridgehead atoms. The van der Waals surface area contributed by atoms with Gasteiger partial charge in [0.05, 0.1) is 0 Å². The number of nitrogens with one attached hydrogen (secondary N) is 2. The average Bonchev–Trinajstić information content (AvgIpc) is 3.31. The molecule has 4 nitrogen and oxygen atoms in total. The minimum Gasteiger partial charge on any atom is -0.381 e. The Balaban J connectivity index is 0.00000264. The van der Waals surface area contributed by atoms with Crippen LogP contribution in [0.15, 0.2) is 27.7 Å². The Morgan fingerprint density at radius 3 is 2.78 bits per heavy atom. The van der Waals surface area contributed by atoms with Crippen LogP contribution in [-0.2, 0) is 11.3 Å². The summed E-state index contributed by atoms with van der Waals surface area (Å²) in [7, 11) is 1.80. The quantitative estimate of drug-likeness (QED) is 0.249. The van der Waals surface area contributed by atoms with E-state index < -0.39 is 0 Å². The maximum Gasteiger partial charge on any atom is 0.191 e. The van der Waals surface area contributed by atoms with Crippen LogP contribution in [0.25, 0.3) is 0 Å². The number of rotatable bonds is 8. The molecule has 0 amide bonds. The lowest BCUT2D eigenvalue weighted by Gasteiger charge is -2.13. The van der Waals surface area contributed by atoms with E-state index >= 15 is 0 Å². The Morgan fingerprint density at radius 2 is 2.13 bits per heavy atom. The van der Waals surface area contributed by atoms with Gasteiger partial charge in [-0.05, 0) is 55.4 Å². The summed E-state index contributed by atoms with van der Waals surface area (Å²) in [6, 6.07) is 6.33. The van der Waals surface area contributed by atoms with E-state index in [1.807, 2.05) is 0 Å². The van der Waals surface area contributed by atoms with Crippen LogP contribution in [0.3, 0.4) is 0 Å². The summed E-state index contributed by atoms with van der Waals surface area (Å²) >= 11 is 3.49. The minimum absolute atomic E-state index is 0. The molecule has 0 saturated heterocycles. The predicted molar refractivity (Wildman–Crippen MR) is 111 cm³/mol. The maximum absolute atomic E-state index is 5.62. The molecule has 0 spiro atoms. The summed E-state index contributed by atoms with van der Waals surface area (Å²) in [5, 5.41) is 6.67. The average molecular weight is 496 g/mol. The van der Waals surface area contributed by atoms with Gasteiger partial charge in [0.2, 0.25) is 0 Å². The highest BCUT2D eigenvalue weighted by atomic mass is 127. The molecule has 6 heteroatoms. The van der Waals surface area contributed by atoms with Crippen molar-refractivity contribution in [3.8, 4) is 0 Å². The molecular formula is C17H27BrIN3O. The van der Waals surface area contributed by atoms with Crippen molar-refractivity contribution >= 4 is 45.9 Å². The number of aryl methyl sites for hydroxylation is 1. The Kier molecular flexibility index (Phi) is 10.1. The monoisotopic (exact) mass is 495 g/mol. The van der Waals surface area contributed by atoms with E-state index in [1.54, 1.807) is 7.05 Å². The molecular weight excluding hydrogens is 469 g/mol. The molecule has 0 aromatic heterocycles. The summed E-state index contributed by atoms with van der Waals surface area (Å²) < 4.78 is 6.74. The summed E-state index contributed by atoms with van der Waals surface area (Å²) in [4.78, 5) is 4.25. The van der Waals surface area contributed by atoms with Gasteiger partial charge in [-0.2, -0.15) is 0 Å². The van der Waals surface area contributed by atoms with Crippen molar-refractivity contribution in [1.29, 1.82) is 0 Å². The molecule has 1 aliphatic carbocycles. The van der Waals surface area contributed by atoms with Gasteiger partial charge in [0.1, 0.15) is 0 Å². The fourth-order valence-corrected chi connectivity index (χ4v) is 2.65. The third-order valence-corrected chi connectivity index (χ3v) is 4.28. The standard InChI is InChI=1S/C17H26BrN3O.HI/c1-13-10-16(18)7-6-15(13)11-21-17(19-2)20-8-3-9-22-12-14-4-5-14;/h6-7,10,14H,3-5,8-9,11-12H2,1-2H3,(H2,19,20,21);1H. The Bertz CT molecular complexity index is 507. The normalized spacial score (nSPS) is 14.3. The largest absolute Gasteiger partial charge is 0.381 e. The number of hydrogen-bond donors (Lipinski definition) is 2. The molecule has 0 unspecified atom stereocenters. The Hall–Kier alpha value is -0.340. The molecule has 130 valence electrons. The molecule has 1 aromatic carbocycles. The van der Waals surface area contributed by atoms with Crippen LogP contribution >= 0.6 is 39.9 Å². The van der Waals surface area contributed by atoms with Gasteiger partial charge in [-0.3, -0.25) is 4.99 Å². The first-order valence-corrected chi connectivity index (χ1v) is 8.75. The smallest absolute Gasteiger partial charge is 0.191 e. The van der Waals surface area contributed by atoms with E-state index in [0.717, 1.165) is 49.1 Å². The van der Waals surface area contributed by atoms with Crippen LogP contribution < -0.4 is 10.6 Å². The van der Waals surface area contributed by atoms with E-state index in [-0.39, 0.29) is 24.0 Å². The van der Waals surface area contributed by atoms with Gasteiger partial charge in [0.25, 0.3) is 0 Å². The van der Waals surface area contributed by atoms with Crippen LogP contribution in [0.1, 0.15) is 30.4 Å². The molecule has 0 aliphatic heterocycles. The number of benzene rings is 1. The lowest BCUT2D eigenvalue weighted by Crippen LogP contribution is -2.37. The molecule has 1 saturated carbocycles. The minimum atomic E-state index is 0. The van der Waals surface area contributed by atoms with Gasteiger partial charge in [0.15, 0.2) is 5.96 Å². The lowest BCUT2D eigenvalue weighted by atomic mass is 10.1. The van der Waals surface area contributed by atoms with Crippen LogP contribution in [0.5, 0.6) is 0 Å². The second-order valence-corrected chi connectivity index (χ2v) is 6.71. The highest BCUT2D eigenvalue weighted by molar-refractivity contribution is 14.0. The Labute approximate surface area is 165 Å². The van der Waals surface area contributed by atoms with Crippen molar-refractivity contribution in [2.24, 2.45) is 10.9 Å². The summed E-state index contributed by atoms with van der Waals surface area (Å²) in [5.41, 5.74) is 2.55. The van der Waals surface area contributed by atoms with Gasteiger partial charge in [-0.1, -0.05) is 22.0 Å². The molecule has 0 heterocycles. The van der Waals surface area contributed by atoms with Gasteiger partial charge < -0.3 is 15.4 Å². The first kappa shape index (κ1) is 20.7. The number of aliphatic imine (C=N–C) groups is 1. The van der Waals surface area contributed by atoms with Crippen molar-refractivity contribution in [2.45, 2.75) is 32.7 Å². The van der Waals surface area contributed by atoms with E-state index in [1.165, 1.54) is 24.0 Å². The lowest BCUT2D eigenvalue weighted by molar-refractivity contribution is 0.123. The highest BCUT2D eigenvalue weighted by Gasteiger charge is 2.20. The van der Waals surface area contributed by atoms with Crippen molar-refractivity contribution in [3.63, 3.8) is 0 Å². The van der Waals surface area contributed by atoms with Crippen LogP contribution in [0.2, 0.25) is 0 Å². The van der Waals surface area contributed by atoms with Crippen molar-refractivity contribution < 1.29 is 4.74 Å². The van der Waals surface area contributed by atoms with Crippen LogP contribution in [-0.4, -0.2) is 32.8 Å². The number of guanidine groups is 1. The molecule has 2 rings (SSSR count). The van der Waals surface area contributed by atoms with E-state index in [9.17, 15) is 0 Å². The predicted octanol–water partition coefficient (Wildman–Crippen LogP) is 3.86. The molecule has 1 aromatic rings. The fraction of sp³-hybridized carbons (Fsp3) is 0.588. The van der Waals surface area contributed by atoms with Crippen molar-refractivity contribution in [1.82, 2.24) is 10.6 Å². The molecule has 1 fully saturated rings. The van der Waals surface area contributed by atoms with Gasteiger partial charge >= 0.3 is 0 Å². The van der Waals surface area contributed by atoms with Gasteiger partial charge in [-0.25, -0.2) is 0 Å². The zero-order chi connectivity index (χ0) is 15.8. The molecule has 2 N–H and O–H groups in total. The topological polar surface area (TPSA) is 45.7 Å². The summed E-state index contributed by atoms with van der Waals surface area (Å²) in [6.07, 6.45) is 3.71. The SMILES string of the molecule is CN=C(NCCCOCC1CC1)NCc1ccc(Br)cc1C.I. The van der Waals surface area contributed by atoms with E-state index in [2.05, 4.69) is 56.7 Å². The Morgan fingerprint density at radius 1 is 1.35 bits per heavy atom. The van der Waals surface area contributed by atoms with Crippen LogP contribution in [0.4, 0.5) is 0 Å². The first-order chi connectivity index (χ1) is 10.7. The van der Waals surface area contributed by atoms with E-state index in [0.29, 0.717) is 0 Å². The maximum atomic E-state index is 5.62. The number of ether oxygens (including phenoxy) is 1. The zero-order valence-corrected chi connectivity index (χ0v) is 17.8. The van der Waals surface area contributed by atoms with Crippen LogP contribution in [0, 0.1) is 12.8 Å². The second-order valence-electron chi connectivity index (χ2n) is 5.80. The second kappa shape index (κ2) is 11.3. The number of halogens is 2. The number of nitrogens with zero attached hydrogens (tertiary/aromatic N) is 1. The third-order valence-electron chi connectivity index (χ3n) is 3.78. The summed E-state index contributed by atoms with van der Waals surface area (Å²) in [5.74, 6) is 1.68. The molecule has 1 aliphatic rings. The first-order valence-electron chi connectivity index (χ1n) is 7.96. The van der Waals surface area contributed by atoms with Gasteiger partial charge in [0, 0.05) is 37.8 Å². The molecule has 23 heavy (non-hydrogen) atoms. The molecule has 0 radical (unpaired) electrons. The third kappa shape index (κ3) is 8.35. The van der Waals surface area contributed by atoms with Crippen molar-refractivity contribution in [3.05, 3.63) is 33.8 Å². The van der Waals surface area contributed by atoms with Gasteiger partial charge in [-0.15, -0.1) is 24.0 Å². The van der Waals surface area contributed by atoms with Crippen molar-refractivity contribution in [2.75, 3.05) is 26.8 Å². The number of hydrogen-bond acceptors (Lipinski definition) is 2. The fourth-order valence-electron chi connectivity index (χ4n) is 2.17. The van der Waals surface area contributed by atoms with E-state index in [4.69, 9.17) is 4.74 Å². The highest BCUT2D eigenvalue weighted by Crippen LogP contribution is 2.28.